The molecule has 9 heteroatoms. The van der Waals surface area contributed by atoms with E-state index < -0.39 is 17.7 Å². The lowest BCUT2D eigenvalue weighted by Gasteiger charge is -2.26. The molecule has 0 bridgehead atoms. The first-order valence-electron chi connectivity index (χ1n) is 11.2. The average molecular weight is 494 g/mol. The van der Waals surface area contributed by atoms with Crippen LogP contribution in [0.1, 0.15) is 52.3 Å². The molecule has 0 N–H and O–H groups in total. The third kappa shape index (κ3) is 8.42. The van der Waals surface area contributed by atoms with Crippen LogP contribution in [-0.4, -0.2) is 28.9 Å². The molecule has 0 saturated carbocycles. The molecule has 0 amide bonds. The molecule has 2 rings (SSSR count). The lowest BCUT2D eigenvalue weighted by Crippen LogP contribution is -2.27. The molecule has 0 spiro atoms. The minimum Gasteiger partial charge on any atom is -0.473 e. The van der Waals surface area contributed by atoms with Gasteiger partial charge in [-0.3, -0.25) is 4.98 Å². The summed E-state index contributed by atoms with van der Waals surface area (Å²) in [6.45, 7) is 9.94. The van der Waals surface area contributed by atoms with E-state index in [9.17, 15) is 17.6 Å². The van der Waals surface area contributed by atoms with Gasteiger partial charge in [-0.05, 0) is 57.9 Å². The molecule has 5 nitrogen and oxygen atoms in total. The summed E-state index contributed by atoms with van der Waals surface area (Å²) in [7, 11) is 1.99. The van der Waals surface area contributed by atoms with Crippen molar-refractivity contribution >= 4 is 5.90 Å². The molecule has 1 heterocycles. The van der Waals surface area contributed by atoms with Crippen molar-refractivity contribution in [1.82, 2.24) is 9.88 Å². The van der Waals surface area contributed by atoms with Crippen LogP contribution in [0.3, 0.4) is 0 Å². The zero-order valence-electron chi connectivity index (χ0n) is 20.8. The number of hydrogen-bond donors (Lipinski definition) is 0. The van der Waals surface area contributed by atoms with Gasteiger partial charge in [-0.2, -0.15) is 13.2 Å². The van der Waals surface area contributed by atoms with E-state index in [-0.39, 0.29) is 18.1 Å². The Kier molecular flexibility index (Phi) is 9.86. The number of rotatable bonds is 9. The minimum atomic E-state index is -4.63. The maximum atomic E-state index is 14.6. The Morgan fingerprint density at radius 1 is 1.20 bits per heavy atom. The summed E-state index contributed by atoms with van der Waals surface area (Å²) >= 11 is 0. The molecule has 1 aromatic carbocycles. The van der Waals surface area contributed by atoms with Crippen LogP contribution < -0.4 is 4.74 Å². The summed E-state index contributed by atoms with van der Waals surface area (Å²) in [5, 5.41) is 0. The molecule has 0 saturated heterocycles. The molecule has 1 unspecified atom stereocenters. The normalized spacial score (nSPS) is 14.1. The Hall–Kier alpha value is -3.36. The minimum absolute atomic E-state index is 0.0390. The highest BCUT2D eigenvalue weighted by molar-refractivity contribution is 5.89. The van der Waals surface area contributed by atoms with Crippen molar-refractivity contribution in [1.29, 1.82) is 0 Å². The fourth-order valence-corrected chi connectivity index (χ4v) is 2.88. The van der Waals surface area contributed by atoms with Gasteiger partial charge in [-0.25, -0.2) is 9.38 Å². The molecule has 2 aromatic rings. The number of aromatic nitrogens is 1. The zero-order valence-corrected chi connectivity index (χ0v) is 20.8. The fraction of sp³-hybridized carbons (Fsp3) is 0.385. The third-order valence-electron chi connectivity index (χ3n) is 5.48. The summed E-state index contributed by atoms with van der Waals surface area (Å²) in [5.74, 6) is -0.733. The summed E-state index contributed by atoms with van der Waals surface area (Å²) in [5.41, 5.74) is 1.12. The van der Waals surface area contributed by atoms with Crippen molar-refractivity contribution in [3.05, 3.63) is 77.1 Å². The van der Waals surface area contributed by atoms with Crippen LogP contribution in [-0.2, 0) is 17.5 Å². The van der Waals surface area contributed by atoms with E-state index in [0.717, 1.165) is 24.0 Å². The fourth-order valence-electron chi connectivity index (χ4n) is 2.88. The quantitative estimate of drug-likeness (QED) is 0.206. The lowest BCUT2D eigenvalue weighted by molar-refractivity contribution is -0.141. The maximum absolute atomic E-state index is 14.6. The van der Waals surface area contributed by atoms with Crippen LogP contribution in [0.4, 0.5) is 17.6 Å². The second kappa shape index (κ2) is 12.4. The Morgan fingerprint density at radius 2 is 1.91 bits per heavy atom. The second-order valence-electron chi connectivity index (χ2n) is 8.06. The molecule has 190 valence electrons. The number of nitrogens with zero attached hydrogens (tertiary/aromatic N) is 3. The predicted octanol–water partition coefficient (Wildman–Crippen LogP) is 7.50. The van der Waals surface area contributed by atoms with Crippen molar-refractivity contribution in [2.45, 2.75) is 59.9 Å². The SMILES string of the molecule is C/C=C(C)/N=C(\C=C(/C)N(C)C(C)CC)OCc1ccc(Oc2ccnc(C(F)(F)F)c2)c(F)c1. The van der Waals surface area contributed by atoms with Gasteiger partial charge in [0.1, 0.15) is 18.1 Å². The number of hydrogen-bond acceptors (Lipinski definition) is 5. The number of alkyl halides is 3. The van der Waals surface area contributed by atoms with Crippen LogP contribution in [0.25, 0.3) is 0 Å². The van der Waals surface area contributed by atoms with Crippen molar-refractivity contribution < 1.29 is 27.0 Å². The largest absolute Gasteiger partial charge is 0.473 e. The molecule has 0 radical (unpaired) electrons. The van der Waals surface area contributed by atoms with Crippen molar-refractivity contribution in [3.63, 3.8) is 0 Å². The van der Waals surface area contributed by atoms with E-state index in [1.54, 1.807) is 6.07 Å². The molecular weight excluding hydrogens is 462 g/mol. The van der Waals surface area contributed by atoms with Crippen molar-refractivity contribution in [2.24, 2.45) is 4.99 Å². The molecule has 0 aliphatic heterocycles. The molecular formula is C26H31F4N3O2. The number of pyridine rings is 1. The van der Waals surface area contributed by atoms with Crippen LogP contribution in [0, 0.1) is 5.82 Å². The number of benzene rings is 1. The maximum Gasteiger partial charge on any atom is 0.433 e. The number of aliphatic imine (C=N–C) groups is 1. The van der Waals surface area contributed by atoms with E-state index >= 15 is 0 Å². The zero-order chi connectivity index (χ0) is 26.2. The summed E-state index contributed by atoms with van der Waals surface area (Å²) < 4.78 is 64.3. The summed E-state index contributed by atoms with van der Waals surface area (Å²) in [4.78, 5) is 9.87. The van der Waals surface area contributed by atoms with E-state index in [1.807, 2.05) is 40.0 Å². The van der Waals surface area contributed by atoms with E-state index in [0.29, 0.717) is 23.6 Å². The Bertz CT molecular complexity index is 1090. The molecule has 0 aliphatic carbocycles. The highest BCUT2D eigenvalue weighted by Crippen LogP contribution is 2.32. The number of halogens is 4. The predicted molar refractivity (Wildman–Crippen MR) is 129 cm³/mol. The molecule has 35 heavy (non-hydrogen) atoms. The van der Waals surface area contributed by atoms with Crippen LogP contribution in [0.5, 0.6) is 11.5 Å². The Morgan fingerprint density at radius 3 is 2.51 bits per heavy atom. The van der Waals surface area contributed by atoms with E-state index in [1.165, 1.54) is 18.2 Å². The van der Waals surface area contributed by atoms with Gasteiger partial charge in [0, 0.05) is 42.8 Å². The molecule has 0 aliphatic rings. The van der Waals surface area contributed by atoms with Gasteiger partial charge in [-0.15, -0.1) is 0 Å². The first kappa shape index (κ1) is 27.9. The van der Waals surface area contributed by atoms with Gasteiger partial charge in [0.15, 0.2) is 11.6 Å². The molecule has 1 aromatic heterocycles. The first-order chi connectivity index (χ1) is 16.4. The van der Waals surface area contributed by atoms with Gasteiger partial charge in [-0.1, -0.05) is 19.1 Å². The van der Waals surface area contributed by atoms with Gasteiger partial charge in [0.05, 0.1) is 0 Å². The summed E-state index contributed by atoms with van der Waals surface area (Å²) in [6, 6.07) is 6.41. The van der Waals surface area contributed by atoms with E-state index in [4.69, 9.17) is 9.47 Å². The van der Waals surface area contributed by atoms with Crippen LogP contribution in [0.2, 0.25) is 0 Å². The smallest absolute Gasteiger partial charge is 0.433 e. The average Bonchev–Trinajstić information content (AvgIpc) is 2.82. The number of allylic oxidation sites excluding steroid dienone is 3. The molecule has 1 atom stereocenters. The Balaban J connectivity index is 2.17. The van der Waals surface area contributed by atoms with Gasteiger partial charge in [0.2, 0.25) is 5.90 Å². The number of ether oxygens (including phenoxy) is 2. The summed E-state index contributed by atoms with van der Waals surface area (Å²) in [6.07, 6.45) is 0.988. The first-order valence-corrected chi connectivity index (χ1v) is 11.2. The van der Waals surface area contributed by atoms with Crippen molar-refractivity contribution in [2.75, 3.05) is 7.05 Å². The second-order valence-corrected chi connectivity index (χ2v) is 8.06. The standard InChI is InChI=1S/C26H31F4N3O2/c1-7-17(3)32-25(13-19(5)33(6)18(4)8-2)34-16-20-9-10-23(22(27)14-20)35-21-11-12-31-24(15-21)26(28,29)30/h7,9-15,18H,8,16H2,1-6H3/b17-7+,19-13+,32-25+. The van der Waals surface area contributed by atoms with Crippen molar-refractivity contribution in [3.8, 4) is 11.5 Å². The lowest BCUT2D eigenvalue weighted by atomic mass is 10.2. The van der Waals surface area contributed by atoms with Gasteiger partial charge >= 0.3 is 6.18 Å². The topological polar surface area (TPSA) is 47.0 Å². The highest BCUT2D eigenvalue weighted by Gasteiger charge is 2.32. The monoisotopic (exact) mass is 493 g/mol. The van der Waals surface area contributed by atoms with Gasteiger partial charge < -0.3 is 14.4 Å². The Labute approximate surface area is 203 Å². The van der Waals surface area contributed by atoms with Crippen LogP contribution in [0.15, 0.2) is 65.1 Å². The third-order valence-corrected chi connectivity index (χ3v) is 5.48. The highest BCUT2D eigenvalue weighted by atomic mass is 19.4. The molecule has 0 fully saturated rings. The van der Waals surface area contributed by atoms with Gasteiger partial charge in [0.25, 0.3) is 0 Å². The van der Waals surface area contributed by atoms with E-state index in [2.05, 4.69) is 28.7 Å². The van der Waals surface area contributed by atoms with Crippen LogP contribution >= 0.6 is 0 Å².